The Bertz CT molecular complexity index is 1350. The normalized spacial score (nSPS) is 15.4. The van der Waals surface area contributed by atoms with Gasteiger partial charge < -0.3 is 36.7 Å². The molecule has 4 amide bonds. The van der Waals surface area contributed by atoms with Crippen molar-refractivity contribution in [2.24, 2.45) is 10.9 Å². The maximum atomic E-state index is 12.4. The Kier molecular flexibility index (Phi) is 11.1. The van der Waals surface area contributed by atoms with E-state index in [1.54, 1.807) is 41.4 Å². The van der Waals surface area contributed by atoms with E-state index in [0.29, 0.717) is 48.7 Å². The van der Waals surface area contributed by atoms with E-state index >= 15 is 0 Å². The smallest absolute Gasteiger partial charge is 0.352 e. The zero-order valence-electron chi connectivity index (χ0n) is 22.8. The van der Waals surface area contributed by atoms with Crippen LogP contribution < -0.4 is 16.0 Å². The summed E-state index contributed by atoms with van der Waals surface area (Å²) in [5.41, 5.74) is 1.76. The number of hydrogen-bond donors (Lipinski definition) is 6. The highest BCUT2D eigenvalue weighted by atomic mass is 19.4. The van der Waals surface area contributed by atoms with Gasteiger partial charge in [0.2, 0.25) is 11.8 Å². The third-order valence-electron chi connectivity index (χ3n) is 6.21. The number of halogens is 3. The van der Waals surface area contributed by atoms with Crippen LogP contribution in [0.2, 0.25) is 0 Å². The van der Waals surface area contributed by atoms with E-state index in [9.17, 15) is 27.6 Å². The van der Waals surface area contributed by atoms with Gasteiger partial charge >= 0.3 is 12.2 Å². The monoisotopic (exact) mass is 587 g/mol. The molecule has 6 N–H and O–H groups in total. The standard InChI is InChI=1S/C27H32F3N9O3/c1-17(25(41)33-7-9-39-8-3-6-24(39)40)34-14-20(13-32)19(12-31)11-23-35-15-22(38-23)18-4-2-5-21(10-18)37-26(42)36-16-27(28,29)30/h2,4-5,10-15,17,20,31-32H,3,6-9,16H2,1H3,(H,33,41)(H,35,38)(H2,36,37,42)/b19-11+,31-12?,32-13?,34-14?. The number of imidazole rings is 1. The molecule has 42 heavy (non-hydrogen) atoms. The van der Waals surface area contributed by atoms with Gasteiger partial charge in [0.05, 0.1) is 17.8 Å². The van der Waals surface area contributed by atoms with Crippen molar-refractivity contribution in [1.29, 1.82) is 10.8 Å². The van der Waals surface area contributed by atoms with Gasteiger partial charge in [0.1, 0.15) is 18.4 Å². The van der Waals surface area contributed by atoms with Gasteiger partial charge in [-0.1, -0.05) is 12.1 Å². The average Bonchev–Trinajstić information content (AvgIpc) is 3.60. The molecule has 2 unspecified atom stereocenters. The van der Waals surface area contributed by atoms with Crippen LogP contribution in [0.5, 0.6) is 0 Å². The quantitative estimate of drug-likeness (QED) is 0.197. The molecule has 2 aromatic rings. The Hall–Kier alpha value is -4.82. The van der Waals surface area contributed by atoms with Gasteiger partial charge in [-0.2, -0.15) is 13.2 Å². The summed E-state index contributed by atoms with van der Waals surface area (Å²) in [7, 11) is 0. The fourth-order valence-corrected chi connectivity index (χ4v) is 3.99. The molecule has 0 spiro atoms. The number of allylic oxidation sites excluding steroid dienone is 1. The first kappa shape index (κ1) is 31.7. The lowest BCUT2D eigenvalue weighted by atomic mass is 10.0. The van der Waals surface area contributed by atoms with Crippen LogP contribution >= 0.6 is 0 Å². The van der Waals surface area contributed by atoms with Crippen molar-refractivity contribution < 1.29 is 27.6 Å². The molecule has 1 saturated heterocycles. The third kappa shape index (κ3) is 9.67. The van der Waals surface area contributed by atoms with Crippen molar-refractivity contribution in [3.63, 3.8) is 0 Å². The number of anilines is 1. The molecule has 0 bridgehead atoms. The molecule has 1 aliphatic rings. The number of aromatic nitrogens is 2. The van der Waals surface area contributed by atoms with Gasteiger partial charge in [-0.05, 0) is 37.1 Å². The maximum absolute atomic E-state index is 12.4. The van der Waals surface area contributed by atoms with Crippen molar-refractivity contribution in [1.82, 2.24) is 25.5 Å². The van der Waals surface area contributed by atoms with E-state index in [2.05, 4.69) is 25.6 Å². The summed E-state index contributed by atoms with van der Waals surface area (Å²) in [5, 5.41) is 22.4. The number of H-pyrrole nitrogens is 1. The maximum Gasteiger partial charge on any atom is 0.405 e. The third-order valence-corrected chi connectivity index (χ3v) is 6.21. The second-order valence-corrected chi connectivity index (χ2v) is 9.42. The van der Waals surface area contributed by atoms with Crippen molar-refractivity contribution in [3.05, 3.63) is 41.9 Å². The first-order valence-electron chi connectivity index (χ1n) is 13.1. The van der Waals surface area contributed by atoms with Crippen LogP contribution in [0.1, 0.15) is 25.6 Å². The number of aromatic amines is 1. The van der Waals surface area contributed by atoms with E-state index in [0.717, 1.165) is 18.9 Å². The van der Waals surface area contributed by atoms with E-state index < -0.39 is 30.7 Å². The summed E-state index contributed by atoms with van der Waals surface area (Å²) in [6.07, 6.45) is 3.40. The fraction of sp³-hybridized carbons (Fsp3) is 0.370. The van der Waals surface area contributed by atoms with Crippen LogP contribution in [0, 0.1) is 16.7 Å². The molecule has 1 fully saturated rings. The second kappa shape index (κ2) is 14.7. The number of benzene rings is 1. The Morgan fingerprint density at radius 3 is 2.71 bits per heavy atom. The number of urea groups is 1. The number of aliphatic imine (C=N–C) groups is 1. The predicted octanol–water partition coefficient (Wildman–Crippen LogP) is 3.26. The predicted molar refractivity (Wildman–Crippen MR) is 153 cm³/mol. The van der Waals surface area contributed by atoms with E-state index in [1.807, 2.05) is 0 Å². The van der Waals surface area contributed by atoms with E-state index in [1.165, 1.54) is 18.5 Å². The Morgan fingerprint density at radius 2 is 2.05 bits per heavy atom. The lowest BCUT2D eigenvalue weighted by Gasteiger charge is -2.16. The minimum atomic E-state index is -4.53. The topological polar surface area (TPSA) is 179 Å². The summed E-state index contributed by atoms with van der Waals surface area (Å²) >= 11 is 0. The van der Waals surface area contributed by atoms with Gasteiger partial charge in [0, 0.05) is 55.9 Å². The summed E-state index contributed by atoms with van der Waals surface area (Å²) in [4.78, 5) is 49.1. The molecule has 2 atom stereocenters. The highest BCUT2D eigenvalue weighted by Gasteiger charge is 2.27. The highest BCUT2D eigenvalue weighted by Crippen LogP contribution is 2.22. The lowest BCUT2D eigenvalue weighted by Crippen LogP contribution is -2.38. The zero-order chi connectivity index (χ0) is 30.7. The second-order valence-electron chi connectivity index (χ2n) is 9.42. The molecule has 12 nitrogen and oxygen atoms in total. The number of likely N-dealkylation sites (tertiary alicyclic amines) is 1. The molecule has 15 heteroatoms. The molecule has 3 rings (SSSR count). The number of hydrogen-bond acceptors (Lipinski definition) is 7. The molecule has 2 heterocycles. The van der Waals surface area contributed by atoms with Crippen molar-refractivity contribution in [2.45, 2.75) is 32.0 Å². The van der Waals surface area contributed by atoms with Crippen molar-refractivity contribution in [2.75, 3.05) is 31.5 Å². The Balaban J connectivity index is 1.61. The summed E-state index contributed by atoms with van der Waals surface area (Å²) in [6.45, 7) is 1.59. The number of carbonyl (C=O) groups is 3. The molecular formula is C27H32F3N9O3. The number of alkyl halides is 3. The Labute approximate surface area is 239 Å². The molecule has 0 aliphatic carbocycles. The summed E-state index contributed by atoms with van der Waals surface area (Å²) < 4.78 is 37.0. The van der Waals surface area contributed by atoms with Crippen LogP contribution in [-0.2, 0) is 9.59 Å². The van der Waals surface area contributed by atoms with Crippen LogP contribution in [0.4, 0.5) is 23.7 Å². The van der Waals surface area contributed by atoms with Gasteiger partial charge in [0.25, 0.3) is 0 Å². The number of carbonyl (C=O) groups excluding carboxylic acids is 3. The number of amides is 4. The first-order chi connectivity index (χ1) is 20.0. The highest BCUT2D eigenvalue weighted by molar-refractivity contribution is 5.99. The minimum Gasteiger partial charge on any atom is -0.352 e. The van der Waals surface area contributed by atoms with Gasteiger partial charge in [-0.25, -0.2) is 9.78 Å². The zero-order valence-corrected chi connectivity index (χ0v) is 22.8. The molecule has 0 saturated carbocycles. The molecule has 1 aromatic carbocycles. The fourth-order valence-electron chi connectivity index (χ4n) is 3.99. The average molecular weight is 588 g/mol. The van der Waals surface area contributed by atoms with Crippen molar-refractivity contribution in [3.8, 4) is 11.3 Å². The van der Waals surface area contributed by atoms with E-state index in [-0.39, 0.29) is 17.5 Å². The van der Waals surface area contributed by atoms with E-state index in [4.69, 9.17) is 10.8 Å². The Morgan fingerprint density at radius 1 is 1.26 bits per heavy atom. The molecule has 1 aliphatic heterocycles. The number of nitrogens with zero attached hydrogens (tertiary/aromatic N) is 3. The largest absolute Gasteiger partial charge is 0.405 e. The number of nitrogens with one attached hydrogen (secondary N) is 6. The lowest BCUT2D eigenvalue weighted by molar-refractivity contribution is -0.128. The number of rotatable bonds is 13. The summed E-state index contributed by atoms with van der Waals surface area (Å²) in [6, 6.07) is 4.64. The van der Waals surface area contributed by atoms with Crippen molar-refractivity contribution >= 4 is 48.3 Å². The van der Waals surface area contributed by atoms with Gasteiger partial charge in [-0.3, -0.25) is 14.6 Å². The first-order valence-corrected chi connectivity index (χ1v) is 13.1. The molecule has 224 valence electrons. The SMILES string of the molecule is CC(N=CC(C=N)/C(C=N)=C/c1ncc(-c2cccc(NC(=O)NCC(F)(F)F)c2)[nH]1)C(=O)NCCN1CCCC1=O. The van der Waals surface area contributed by atoms with Gasteiger partial charge in [-0.15, -0.1) is 0 Å². The molecular weight excluding hydrogens is 555 g/mol. The van der Waals surface area contributed by atoms with Crippen LogP contribution in [-0.4, -0.2) is 89.8 Å². The minimum absolute atomic E-state index is 0.0802. The van der Waals surface area contributed by atoms with Crippen LogP contribution in [0.3, 0.4) is 0 Å². The van der Waals surface area contributed by atoms with Crippen LogP contribution in [0.25, 0.3) is 17.3 Å². The van der Waals surface area contributed by atoms with Gasteiger partial charge in [0.15, 0.2) is 0 Å². The summed E-state index contributed by atoms with van der Waals surface area (Å²) in [5.74, 6) is -0.604. The molecule has 0 radical (unpaired) electrons. The van der Waals surface area contributed by atoms with Crippen LogP contribution in [0.15, 0.2) is 41.0 Å². The molecule has 1 aromatic heterocycles.